The number of esters is 3. The molecule has 1 aliphatic heterocycles. The monoisotopic (exact) mass is 407 g/mol. The van der Waals surface area contributed by atoms with Gasteiger partial charge in [-0.05, 0) is 12.7 Å². The molecule has 0 spiro atoms. The lowest BCUT2D eigenvalue weighted by molar-refractivity contribution is -0.173. The summed E-state index contributed by atoms with van der Waals surface area (Å²) in [4.78, 5) is 34.8. The second-order valence-electron chi connectivity index (χ2n) is 5.68. The number of carbonyl (C=O) groups excluding carboxylic acids is 3. The summed E-state index contributed by atoms with van der Waals surface area (Å²) in [5, 5.41) is 3.10. The van der Waals surface area contributed by atoms with Gasteiger partial charge in [0.25, 0.3) is 0 Å². The smallest absolute Gasteiger partial charge is 0.303 e. The van der Waals surface area contributed by atoms with Gasteiger partial charge in [0.2, 0.25) is 0 Å². The number of ether oxygens (including phenoxy) is 4. The summed E-state index contributed by atoms with van der Waals surface area (Å²) in [6, 6.07) is -0.429. The maximum atomic E-state index is 11.6. The van der Waals surface area contributed by atoms with E-state index >= 15 is 0 Å². The normalized spacial score (nSPS) is 25.9. The average molecular weight is 408 g/mol. The molecule has 0 aromatic carbocycles. The number of nitrogens with one attached hydrogen (secondary N) is 1. The maximum Gasteiger partial charge on any atom is 0.303 e. The molecule has 10 heteroatoms. The molecule has 8 nitrogen and oxygen atoms in total. The first kappa shape index (κ1) is 22.7. The molecule has 1 rings (SSSR count). The van der Waals surface area contributed by atoms with Crippen LogP contribution in [0.5, 0.6) is 0 Å². The molecule has 1 fully saturated rings. The van der Waals surface area contributed by atoms with Gasteiger partial charge in [0.05, 0.1) is 4.99 Å². The van der Waals surface area contributed by atoms with Crippen LogP contribution in [0.2, 0.25) is 0 Å². The molecule has 26 heavy (non-hydrogen) atoms. The molecule has 0 amide bonds. The molecule has 0 aromatic heterocycles. The van der Waals surface area contributed by atoms with E-state index in [0.29, 0.717) is 4.99 Å². The van der Waals surface area contributed by atoms with E-state index in [-0.39, 0.29) is 12.0 Å². The predicted molar refractivity (Wildman–Crippen MR) is 99.7 cm³/mol. The van der Waals surface area contributed by atoms with Crippen molar-refractivity contribution in [1.82, 2.24) is 5.32 Å². The molecule has 1 aliphatic rings. The van der Waals surface area contributed by atoms with E-state index in [2.05, 4.69) is 5.32 Å². The first-order chi connectivity index (χ1) is 12.1. The van der Waals surface area contributed by atoms with Gasteiger partial charge in [-0.2, -0.15) is 0 Å². The van der Waals surface area contributed by atoms with Crippen LogP contribution in [0.3, 0.4) is 0 Å². The van der Waals surface area contributed by atoms with Crippen molar-refractivity contribution in [1.29, 1.82) is 0 Å². The van der Waals surface area contributed by atoms with Crippen LogP contribution in [0.4, 0.5) is 0 Å². The Kier molecular flexibility index (Phi) is 9.31. The lowest BCUT2D eigenvalue weighted by Crippen LogP contribution is -2.51. The van der Waals surface area contributed by atoms with Crippen LogP contribution in [0.1, 0.15) is 34.6 Å². The molecule has 0 aliphatic carbocycles. The highest BCUT2D eigenvalue weighted by molar-refractivity contribution is 7.99. The molecule has 0 unspecified atom stereocenters. The van der Waals surface area contributed by atoms with Crippen molar-refractivity contribution in [3.63, 3.8) is 0 Å². The minimum atomic E-state index is -0.919. The highest BCUT2D eigenvalue weighted by Gasteiger charge is 2.51. The summed E-state index contributed by atoms with van der Waals surface area (Å²) in [5.41, 5.74) is -0.386. The molecule has 1 heterocycles. The SMILES string of the molecule is CCS[C@H]1O[C@@H]([C@@H](COC(C)=O)OC(C)=O)[C@@H](OC(C)=O)[C@@H]1NC(C)=S. The Bertz CT molecular complexity index is 543. The summed E-state index contributed by atoms with van der Waals surface area (Å²) in [6.07, 6.45) is -2.50. The number of hydrogen-bond acceptors (Lipinski definition) is 9. The zero-order chi connectivity index (χ0) is 19.9. The van der Waals surface area contributed by atoms with E-state index in [1.165, 1.54) is 32.5 Å². The summed E-state index contributed by atoms with van der Waals surface area (Å²) >= 11 is 6.62. The highest BCUT2D eigenvalue weighted by Crippen LogP contribution is 2.34. The van der Waals surface area contributed by atoms with Crippen LogP contribution in [0, 0.1) is 0 Å². The first-order valence-electron chi connectivity index (χ1n) is 8.17. The Morgan fingerprint density at radius 2 is 1.81 bits per heavy atom. The third-order valence-electron chi connectivity index (χ3n) is 3.40. The Hall–Kier alpha value is -1.39. The first-order valence-corrected chi connectivity index (χ1v) is 9.63. The Morgan fingerprint density at radius 1 is 1.15 bits per heavy atom. The third-order valence-corrected chi connectivity index (χ3v) is 4.58. The zero-order valence-corrected chi connectivity index (χ0v) is 17.1. The number of thioether (sulfide) groups is 1. The molecule has 0 saturated carbocycles. The van der Waals surface area contributed by atoms with Gasteiger partial charge in [0, 0.05) is 20.8 Å². The van der Waals surface area contributed by atoms with Crippen molar-refractivity contribution in [3.8, 4) is 0 Å². The van der Waals surface area contributed by atoms with E-state index in [1.54, 1.807) is 6.92 Å². The standard InChI is InChI=1S/C16H25NO7S2/c1-6-26-16-13(17-8(2)25)15(23-11(5)20)14(24-16)12(22-10(4)19)7-21-9(3)18/h12-16H,6-7H2,1-5H3,(H,17,25)/t12-,13+,14+,15+,16-/m1/s1. The van der Waals surface area contributed by atoms with E-state index in [0.717, 1.165) is 5.75 Å². The molecule has 148 valence electrons. The van der Waals surface area contributed by atoms with Crippen molar-refractivity contribution >= 4 is 46.9 Å². The van der Waals surface area contributed by atoms with E-state index < -0.39 is 42.3 Å². The predicted octanol–water partition coefficient (Wildman–Crippen LogP) is 1.20. The fourth-order valence-electron chi connectivity index (χ4n) is 2.61. The van der Waals surface area contributed by atoms with Crippen molar-refractivity contribution in [2.24, 2.45) is 0 Å². The summed E-state index contributed by atoms with van der Waals surface area (Å²) in [6.45, 7) is 7.25. The molecular weight excluding hydrogens is 382 g/mol. The molecule has 1 N–H and O–H groups in total. The van der Waals surface area contributed by atoms with Crippen LogP contribution < -0.4 is 5.32 Å². The van der Waals surface area contributed by atoms with E-state index in [1.807, 2.05) is 6.92 Å². The van der Waals surface area contributed by atoms with Crippen LogP contribution in [0.25, 0.3) is 0 Å². The third kappa shape index (κ3) is 7.08. The molecule has 1 saturated heterocycles. The van der Waals surface area contributed by atoms with Crippen LogP contribution >= 0.6 is 24.0 Å². The lowest BCUT2D eigenvalue weighted by Gasteiger charge is -2.28. The fraction of sp³-hybridized carbons (Fsp3) is 0.750. The summed E-state index contributed by atoms with van der Waals surface area (Å²) < 4.78 is 21.7. The molecule has 5 atom stereocenters. The average Bonchev–Trinajstić information content (AvgIpc) is 2.80. The van der Waals surface area contributed by atoms with E-state index in [9.17, 15) is 14.4 Å². The van der Waals surface area contributed by atoms with Gasteiger partial charge in [0.1, 0.15) is 24.2 Å². The second-order valence-corrected chi connectivity index (χ2v) is 7.66. The van der Waals surface area contributed by atoms with Gasteiger partial charge >= 0.3 is 17.9 Å². The van der Waals surface area contributed by atoms with Gasteiger partial charge in [-0.15, -0.1) is 11.8 Å². The summed E-state index contributed by atoms with van der Waals surface area (Å²) in [7, 11) is 0. The number of rotatable bonds is 8. The van der Waals surface area contributed by atoms with E-state index in [4.69, 9.17) is 31.2 Å². The van der Waals surface area contributed by atoms with Crippen LogP contribution in [-0.2, 0) is 33.3 Å². The Balaban J connectivity index is 3.13. The number of hydrogen-bond donors (Lipinski definition) is 1. The van der Waals surface area contributed by atoms with Crippen molar-refractivity contribution in [3.05, 3.63) is 0 Å². The van der Waals surface area contributed by atoms with Gasteiger partial charge in [-0.25, -0.2) is 0 Å². The minimum absolute atomic E-state index is 0.204. The number of thiocarbonyl (C=S) groups is 1. The maximum absolute atomic E-state index is 11.6. The number of carbonyl (C=O) groups is 3. The molecule has 0 radical (unpaired) electrons. The van der Waals surface area contributed by atoms with Crippen LogP contribution in [0.15, 0.2) is 0 Å². The Labute approximate surface area is 162 Å². The fourth-order valence-corrected chi connectivity index (χ4v) is 3.71. The van der Waals surface area contributed by atoms with Gasteiger partial charge in [0.15, 0.2) is 12.2 Å². The minimum Gasteiger partial charge on any atom is -0.462 e. The quantitative estimate of drug-likeness (QED) is 0.359. The van der Waals surface area contributed by atoms with Crippen molar-refractivity contribution < 1.29 is 33.3 Å². The highest BCUT2D eigenvalue weighted by atomic mass is 32.2. The van der Waals surface area contributed by atoms with Gasteiger partial charge < -0.3 is 24.3 Å². The Morgan fingerprint density at radius 3 is 2.27 bits per heavy atom. The van der Waals surface area contributed by atoms with Crippen molar-refractivity contribution in [2.75, 3.05) is 12.4 Å². The van der Waals surface area contributed by atoms with Gasteiger partial charge in [-0.3, -0.25) is 14.4 Å². The largest absolute Gasteiger partial charge is 0.462 e. The van der Waals surface area contributed by atoms with Crippen LogP contribution in [-0.4, -0.2) is 65.0 Å². The second kappa shape index (κ2) is 10.7. The van der Waals surface area contributed by atoms with Crippen molar-refractivity contribution in [2.45, 2.75) is 64.4 Å². The summed E-state index contributed by atoms with van der Waals surface area (Å²) in [5.74, 6) is -0.836. The molecule has 0 bridgehead atoms. The molecule has 0 aromatic rings. The van der Waals surface area contributed by atoms with Gasteiger partial charge in [-0.1, -0.05) is 19.1 Å². The zero-order valence-electron chi connectivity index (χ0n) is 15.5. The lowest BCUT2D eigenvalue weighted by atomic mass is 10.0. The topological polar surface area (TPSA) is 100 Å². The molecular formula is C16H25NO7S2.